The molecule has 0 aliphatic rings. The maximum absolute atomic E-state index is 5.42. The Balaban J connectivity index is 1.98. The van der Waals surface area contributed by atoms with Crippen molar-refractivity contribution in [2.24, 2.45) is 0 Å². The van der Waals surface area contributed by atoms with Crippen molar-refractivity contribution in [2.45, 2.75) is 27.3 Å². The second-order valence-electron chi connectivity index (χ2n) is 4.36. The SMILES string of the molecule is CCOc1ccc(CNn2c(C)ccc2C)cc1. The van der Waals surface area contributed by atoms with Gasteiger partial charge < -0.3 is 10.2 Å². The number of ether oxygens (including phenoxy) is 1. The Labute approximate surface area is 108 Å². The van der Waals surface area contributed by atoms with Crippen LogP contribution in [0.1, 0.15) is 23.9 Å². The third kappa shape index (κ3) is 2.86. The van der Waals surface area contributed by atoms with Crippen LogP contribution in [-0.2, 0) is 6.54 Å². The molecule has 0 spiro atoms. The lowest BCUT2D eigenvalue weighted by atomic mass is 10.2. The van der Waals surface area contributed by atoms with Gasteiger partial charge in [-0.25, -0.2) is 0 Å². The average molecular weight is 244 g/mol. The van der Waals surface area contributed by atoms with Crippen molar-refractivity contribution in [2.75, 3.05) is 12.0 Å². The molecule has 0 aliphatic heterocycles. The van der Waals surface area contributed by atoms with Crippen molar-refractivity contribution in [3.8, 4) is 5.75 Å². The first kappa shape index (κ1) is 12.6. The summed E-state index contributed by atoms with van der Waals surface area (Å²) in [5.41, 5.74) is 7.09. The van der Waals surface area contributed by atoms with Crippen LogP contribution in [0.25, 0.3) is 0 Å². The number of nitrogens with one attached hydrogen (secondary N) is 1. The zero-order chi connectivity index (χ0) is 13.0. The number of aromatic nitrogens is 1. The lowest BCUT2D eigenvalue weighted by Crippen LogP contribution is -2.16. The highest BCUT2D eigenvalue weighted by molar-refractivity contribution is 5.28. The van der Waals surface area contributed by atoms with Crippen LogP contribution in [0.3, 0.4) is 0 Å². The summed E-state index contributed by atoms with van der Waals surface area (Å²) in [4.78, 5) is 0. The van der Waals surface area contributed by atoms with Gasteiger partial charge in [0.15, 0.2) is 0 Å². The van der Waals surface area contributed by atoms with Gasteiger partial charge in [0.25, 0.3) is 0 Å². The molecule has 1 aromatic carbocycles. The van der Waals surface area contributed by atoms with Crippen LogP contribution in [0.2, 0.25) is 0 Å². The van der Waals surface area contributed by atoms with Gasteiger partial charge in [0.2, 0.25) is 0 Å². The normalized spacial score (nSPS) is 10.4. The Hall–Kier alpha value is -1.90. The molecule has 96 valence electrons. The van der Waals surface area contributed by atoms with Crippen LogP contribution in [-0.4, -0.2) is 11.3 Å². The van der Waals surface area contributed by atoms with E-state index in [0.29, 0.717) is 6.61 Å². The standard InChI is InChI=1S/C15H20N2O/c1-4-18-15-9-7-14(8-10-15)11-16-17-12(2)5-6-13(17)3/h5-10,16H,4,11H2,1-3H3. The Morgan fingerprint density at radius 2 is 1.61 bits per heavy atom. The van der Waals surface area contributed by atoms with Crippen LogP contribution >= 0.6 is 0 Å². The van der Waals surface area contributed by atoms with Gasteiger partial charge >= 0.3 is 0 Å². The topological polar surface area (TPSA) is 26.2 Å². The maximum Gasteiger partial charge on any atom is 0.119 e. The van der Waals surface area contributed by atoms with Gasteiger partial charge in [-0.3, -0.25) is 4.68 Å². The molecule has 0 atom stereocenters. The van der Waals surface area contributed by atoms with E-state index in [4.69, 9.17) is 4.74 Å². The van der Waals surface area contributed by atoms with Crippen LogP contribution < -0.4 is 10.2 Å². The Morgan fingerprint density at radius 3 is 2.17 bits per heavy atom. The van der Waals surface area contributed by atoms with Crippen molar-refractivity contribution in [1.82, 2.24) is 4.68 Å². The van der Waals surface area contributed by atoms with E-state index in [1.54, 1.807) is 0 Å². The third-order valence-electron chi connectivity index (χ3n) is 2.95. The second-order valence-corrected chi connectivity index (χ2v) is 4.36. The lowest BCUT2D eigenvalue weighted by Gasteiger charge is -2.13. The molecule has 0 aliphatic carbocycles. The van der Waals surface area contributed by atoms with E-state index in [2.05, 4.69) is 48.2 Å². The van der Waals surface area contributed by atoms with Crippen molar-refractivity contribution < 1.29 is 4.74 Å². The van der Waals surface area contributed by atoms with Crippen LogP contribution in [0.15, 0.2) is 36.4 Å². The largest absolute Gasteiger partial charge is 0.494 e. The quantitative estimate of drug-likeness (QED) is 0.873. The van der Waals surface area contributed by atoms with E-state index >= 15 is 0 Å². The number of aryl methyl sites for hydroxylation is 2. The van der Waals surface area contributed by atoms with Crippen LogP contribution in [0.4, 0.5) is 0 Å². The summed E-state index contributed by atoms with van der Waals surface area (Å²) >= 11 is 0. The molecule has 3 heteroatoms. The summed E-state index contributed by atoms with van der Waals surface area (Å²) in [5.74, 6) is 0.926. The molecule has 0 amide bonds. The summed E-state index contributed by atoms with van der Waals surface area (Å²) in [7, 11) is 0. The third-order valence-corrected chi connectivity index (χ3v) is 2.95. The molecule has 1 N–H and O–H groups in total. The molecule has 0 fully saturated rings. The number of hydrogen-bond acceptors (Lipinski definition) is 2. The molecule has 2 rings (SSSR count). The number of hydrogen-bond donors (Lipinski definition) is 1. The molecule has 2 aromatic rings. The Kier molecular flexibility index (Phi) is 3.92. The number of nitrogens with zero attached hydrogens (tertiary/aromatic N) is 1. The number of rotatable bonds is 5. The van der Waals surface area contributed by atoms with Crippen LogP contribution in [0.5, 0.6) is 5.75 Å². The fourth-order valence-electron chi connectivity index (χ4n) is 1.96. The fraction of sp³-hybridized carbons (Fsp3) is 0.333. The predicted molar refractivity (Wildman–Crippen MR) is 74.6 cm³/mol. The van der Waals surface area contributed by atoms with E-state index in [9.17, 15) is 0 Å². The highest BCUT2D eigenvalue weighted by atomic mass is 16.5. The van der Waals surface area contributed by atoms with Gasteiger partial charge in [-0.15, -0.1) is 0 Å². The number of benzene rings is 1. The first-order chi connectivity index (χ1) is 8.70. The highest BCUT2D eigenvalue weighted by Gasteiger charge is 2.00. The van der Waals surface area contributed by atoms with Crippen molar-refractivity contribution in [3.63, 3.8) is 0 Å². The summed E-state index contributed by atoms with van der Waals surface area (Å²) in [5, 5.41) is 0. The minimum absolute atomic E-state index is 0.708. The van der Waals surface area contributed by atoms with E-state index in [1.807, 2.05) is 19.1 Å². The molecule has 3 nitrogen and oxygen atoms in total. The van der Waals surface area contributed by atoms with Gasteiger partial charge in [0, 0.05) is 11.4 Å². The minimum atomic E-state index is 0.708. The average Bonchev–Trinajstić information content (AvgIpc) is 2.69. The van der Waals surface area contributed by atoms with Crippen molar-refractivity contribution >= 4 is 0 Å². The monoisotopic (exact) mass is 244 g/mol. The highest BCUT2D eigenvalue weighted by Crippen LogP contribution is 2.12. The smallest absolute Gasteiger partial charge is 0.119 e. The molecule has 0 saturated carbocycles. The molecule has 0 bridgehead atoms. The fourth-order valence-corrected chi connectivity index (χ4v) is 1.96. The minimum Gasteiger partial charge on any atom is -0.494 e. The summed E-state index contributed by atoms with van der Waals surface area (Å²) in [6.45, 7) is 7.70. The first-order valence-electron chi connectivity index (χ1n) is 6.31. The summed E-state index contributed by atoms with van der Waals surface area (Å²) in [6, 6.07) is 12.4. The van der Waals surface area contributed by atoms with Gasteiger partial charge in [-0.2, -0.15) is 0 Å². The molecule has 0 saturated heterocycles. The molecule has 0 unspecified atom stereocenters. The van der Waals surface area contributed by atoms with E-state index in [-0.39, 0.29) is 0 Å². The van der Waals surface area contributed by atoms with E-state index in [1.165, 1.54) is 17.0 Å². The lowest BCUT2D eigenvalue weighted by molar-refractivity contribution is 0.340. The molecule has 1 aromatic heterocycles. The second kappa shape index (κ2) is 5.63. The van der Waals surface area contributed by atoms with E-state index in [0.717, 1.165) is 12.3 Å². The van der Waals surface area contributed by atoms with Crippen molar-refractivity contribution in [1.29, 1.82) is 0 Å². The Morgan fingerprint density at radius 1 is 1.00 bits per heavy atom. The summed E-state index contributed by atoms with van der Waals surface area (Å²) in [6.07, 6.45) is 0. The molecule has 18 heavy (non-hydrogen) atoms. The first-order valence-corrected chi connectivity index (χ1v) is 6.31. The molecule has 1 heterocycles. The van der Waals surface area contributed by atoms with Gasteiger partial charge in [0.1, 0.15) is 5.75 Å². The molecular weight excluding hydrogens is 224 g/mol. The maximum atomic E-state index is 5.42. The predicted octanol–water partition coefficient (Wildman–Crippen LogP) is 3.25. The van der Waals surface area contributed by atoms with Crippen molar-refractivity contribution in [3.05, 3.63) is 53.3 Å². The van der Waals surface area contributed by atoms with E-state index < -0.39 is 0 Å². The zero-order valence-electron chi connectivity index (χ0n) is 11.2. The van der Waals surface area contributed by atoms with Gasteiger partial charge in [0.05, 0.1) is 13.2 Å². The molecule has 0 radical (unpaired) electrons. The van der Waals surface area contributed by atoms with Crippen LogP contribution in [0, 0.1) is 13.8 Å². The van der Waals surface area contributed by atoms with Gasteiger partial charge in [-0.05, 0) is 50.6 Å². The molecular formula is C15H20N2O. The Bertz CT molecular complexity index is 480. The zero-order valence-corrected chi connectivity index (χ0v) is 11.2. The van der Waals surface area contributed by atoms with Gasteiger partial charge in [-0.1, -0.05) is 12.1 Å². The summed E-state index contributed by atoms with van der Waals surface area (Å²) < 4.78 is 7.53.